The van der Waals surface area contributed by atoms with Gasteiger partial charge in [0.1, 0.15) is 11.6 Å². The number of amides is 2. The Bertz CT molecular complexity index is 901. The van der Waals surface area contributed by atoms with E-state index in [9.17, 15) is 14.0 Å². The number of hydrogen-bond donors (Lipinski definition) is 0. The molecule has 0 aromatic heterocycles. The van der Waals surface area contributed by atoms with E-state index in [1.54, 1.807) is 17.0 Å². The largest absolute Gasteiger partial charge is 0.493 e. The Kier molecular flexibility index (Phi) is 6.85. The van der Waals surface area contributed by atoms with Crippen molar-refractivity contribution < 1.29 is 18.7 Å². The van der Waals surface area contributed by atoms with Crippen molar-refractivity contribution in [1.29, 1.82) is 0 Å². The number of nitrogens with zero attached hydrogens (tertiary/aromatic N) is 2. The Morgan fingerprint density at radius 1 is 0.839 bits per heavy atom. The molecule has 2 fully saturated rings. The fraction of sp³-hybridized carbons (Fsp3) is 0.440. The van der Waals surface area contributed by atoms with Crippen molar-refractivity contribution in [2.75, 3.05) is 32.8 Å². The number of rotatable bonds is 5. The number of ether oxygens (including phenoxy) is 1. The van der Waals surface area contributed by atoms with Crippen LogP contribution in [0.5, 0.6) is 5.75 Å². The second kappa shape index (κ2) is 9.94. The minimum Gasteiger partial charge on any atom is -0.493 e. The summed E-state index contributed by atoms with van der Waals surface area (Å²) >= 11 is 0. The molecule has 5 nitrogen and oxygen atoms in total. The predicted octanol–water partition coefficient (Wildman–Crippen LogP) is 4.38. The van der Waals surface area contributed by atoms with Gasteiger partial charge in [0, 0.05) is 37.3 Å². The molecular formula is C25H29FN2O3. The summed E-state index contributed by atoms with van der Waals surface area (Å²) in [7, 11) is 0. The summed E-state index contributed by atoms with van der Waals surface area (Å²) in [6.07, 6.45) is 5.08. The zero-order valence-corrected chi connectivity index (χ0v) is 17.8. The summed E-state index contributed by atoms with van der Waals surface area (Å²) < 4.78 is 19.3. The first-order valence-electron chi connectivity index (χ1n) is 11.2. The van der Waals surface area contributed by atoms with E-state index in [1.807, 2.05) is 29.2 Å². The fourth-order valence-corrected chi connectivity index (χ4v) is 4.29. The Hall–Kier alpha value is -2.89. The summed E-state index contributed by atoms with van der Waals surface area (Å²) in [4.78, 5) is 28.8. The standard InChI is InChI=1S/C25H29FN2O3/c26-22-6-4-5-21(17-22)25(30)28-15-11-19(12-16-28)18-31-23-9-7-20(8-10-23)24(29)27-13-2-1-3-14-27/h4-10,17,19H,1-3,11-16,18H2. The van der Waals surface area contributed by atoms with Crippen molar-refractivity contribution in [3.8, 4) is 5.75 Å². The molecule has 0 aliphatic carbocycles. The van der Waals surface area contributed by atoms with Crippen LogP contribution in [0.1, 0.15) is 52.8 Å². The normalized spacial score (nSPS) is 17.5. The van der Waals surface area contributed by atoms with Crippen LogP contribution in [-0.4, -0.2) is 54.4 Å². The van der Waals surface area contributed by atoms with E-state index in [4.69, 9.17) is 4.74 Å². The van der Waals surface area contributed by atoms with Gasteiger partial charge >= 0.3 is 0 Å². The quantitative estimate of drug-likeness (QED) is 0.716. The predicted molar refractivity (Wildman–Crippen MR) is 117 cm³/mol. The van der Waals surface area contributed by atoms with Gasteiger partial charge in [-0.1, -0.05) is 6.07 Å². The highest BCUT2D eigenvalue weighted by molar-refractivity contribution is 5.94. The maximum atomic E-state index is 13.4. The lowest BCUT2D eigenvalue weighted by Crippen LogP contribution is -2.39. The lowest BCUT2D eigenvalue weighted by atomic mass is 9.97. The molecule has 0 bridgehead atoms. The minimum atomic E-state index is -0.391. The first kappa shape index (κ1) is 21.3. The SMILES string of the molecule is O=C(c1ccc(OCC2CCN(C(=O)c3cccc(F)c3)CC2)cc1)N1CCCCC1. The molecule has 0 unspecified atom stereocenters. The van der Waals surface area contributed by atoms with Crippen molar-refractivity contribution in [3.63, 3.8) is 0 Å². The lowest BCUT2D eigenvalue weighted by molar-refractivity contribution is 0.0659. The van der Waals surface area contributed by atoms with Crippen molar-refractivity contribution in [2.24, 2.45) is 5.92 Å². The van der Waals surface area contributed by atoms with E-state index in [1.165, 1.54) is 18.6 Å². The Morgan fingerprint density at radius 2 is 1.48 bits per heavy atom. The van der Waals surface area contributed by atoms with Crippen LogP contribution in [0, 0.1) is 11.7 Å². The molecule has 2 saturated heterocycles. The first-order chi connectivity index (χ1) is 15.1. The summed E-state index contributed by atoms with van der Waals surface area (Å²) in [6.45, 7) is 3.57. The van der Waals surface area contributed by atoms with E-state index in [0.29, 0.717) is 36.7 Å². The van der Waals surface area contributed by atoms with Gasteiger partial charge in [-0.05, 0) is 80.5 Å². The Balaban J connectivity index is 1.23. The monoisotopic (exact) mass is 424 g/mol. The van der Waals surface area contributed by atoms with Crippen LogP contribution in [-0.2, 0) is 0 Å². The third-order valence-electron chi connectivity index (χ3n) is 6.20. The molecule has 2 amide bonds. The van der Waals surface area contributed by atoms with Crippen molar-refractivity contribution in [1.82, 2.24) is 9.80 Å². The van der Waals surface area contributed by atoms with Gasteiger partial charge in [0.05, 0.1) is 6.61 Å². The first-order valence-corrected chi connectivity index (χ1v) is 11.2. The number of carbonyl (C=O) groups is 2. The number of benzene rings is 2. The van der Waals surface area contributed by atoms with E-state index < -0.39 is 5.82 Å². The van der Waals surface area contributed by atoms with Crippen LogP contribution in [0.3, 0.4) is 0 Å². The van der Waals surface area contributed by atoms with Gasteiger partial charge in [-0.3, -0.25) is 9.59 Å². The molecule has 2 aromatic rings. The van der Waals surface area contributed by atoms with Gasteiger partial charge in [-0.2, -0.15) is 0 Å². The summed E-state index contributed by atoms with van der Waals surface area (Å²) in [5, 5.41) is 0. The Labute approximate surface area is 182 Å². The van der Waals surface area contributed by atoms with Crippen LogP contribution in [0.2, 0.25) is 0 Å². The van der Waals surface area contributed by atoms with Gasteiger partial charge < -0.3 is 14.5 Å². The second-order valence-electron chi connectivity index (χ2n) is 8.43. The number of likely N-dealkylation sites (tertiary alicyclic amines) is 2. The zero-order chi connectivity index (χ0) is 21.6. The average Bonchev–Trinajstić information content (AvgIpc) is 2.83. The zero-order valence-electron chi connectivity index (χ0n) is 17.8. The maximum Gasteiger partial charge on any atom is 0.253 e. The third kappa shape index (κ3) is 5.43. The lowest BCUT2D eigenvalue weighted by Gasteiger charge is -2.32. The fourth-order valence-electron chi connectivity index (χ4n) is 4.29. The van der Waals surface area contributed by atoms with Crippen molar-refractivity contribution in [3.05, 3.63) is 65.5 Å². The minimum absolute atomic E-state index is 0.0987. The molecule has 6 heteroatoms. The molecule has 0 N–H and O–H groups in total. The van der Waals surface area contributed by atoms with Crippen LogP contribution in [0.4, 0.5) is 4.39 Å². The molecule has 0 radical (unpaired) electrons. The smallest absolute Gasteiger partial charge is 0.253 e. The molecule has 4 rings (SSSR count). The highest BCUT2D eigenvalue weighted by Crippen LogP contribution is 2.22. The van der Waals surface area contributed by atoms with Crippen LogP contribution >= 0.6 is 0 Å². The molecular weight excluding hydrogens is 395 g/mol. The van der Waals surface area contributed by atoms with E-state index in [2.05, 4.69) is 0 Å². The molecule has 2 aliphatic rings. The Morgan fingerprint density at radius 3 is 2.16 bits per heavy atom. The summed E-state index contributed by atoms with van der Waals surface area (Å²) in [5.41, 5.74) is 1.10. The molecule has 164 valence electrons. The van der Waals surface area contributed by atoms with E-state index >= 15 is 0 Å². The molecule has 2 heterocycles. The van der Waals surface area contributed by atoms with Crippen LogP contribution in [0.25, 0.3) is 0 Å². The van der Waals surface area contributed by atoms with Crippen LogP contribution < -0.4 is 4.74 Å². The number of halogens is 1. The van der Waals surface area contributed by atoms with E-state index in [-0.39, 0.29) is 11.8 Å². The van der Waals surface area contributed by atoms with E-state index in [0.717, 1.165) is 44.5 Å². The highest BCUT2D eigenvalue weighted by atomic mass is 19.1. The van der Waals surface area contributed by atoms with Gasteiger partial charge in [-0.25, -0.2) is 4.39 Å². The average molecular weight is 425 g/mol. The molecule has 2 aromatic carbocycles. The number of piperidine rings is 2. The third-order valence-corrected chi connectivity index (χ3v) is 6.20. The molecule has 31 heavy (non-hydrogen) atoms. The molecule has 0 saturated carbocycles. The number of hydrogen-bond acceptors (Lipinski definition) is 3. The second-order valence-corrected chi connectivity index (χ2v) is 8.43. The van der Waals surface area contributed by atoms with Crippen molar-refractivity contribution >= 4 is 11.8 Å². The highest BCUT2D eigenvalue weighted by Gasteiger charge is 2.24. The molecule has 0 atom stereocenters. The summed E-state index contributed by atoms with van der Waals surface area (Å²) in [5.74, 6) is 0.715. The maximum absolute atomic E-state index is 13.4. The molecule has 2 aliphatic heterocycles. The van der Waals surface area contributed by atoms with Gasteiger partial charge in [-0.15, -0.1) is 0 Å². The van der Waals surface area contributed by atoms with Crippen LogP contribution in [0.15, 0.2) is 48.5 Å². The van der Waals surface area contributed by atoms with Crippen molar-refractivity contribution in [2.45, 2.75) is 32.1 Å². The van der Waals surface area contributed by atoms with Gasteiger partial charge in [0.15, 0.2) is 0 Å². The van der Waals surface area contributed by atoms with Gasteiger partial charge in [0.25, 0.3) is 11.8 Å². The molecule has 0 spiro atoms. The number of carbonyl (C=O) groups excluding carboxylic acids is 2. The summed E-state index contributed by atoms with van der Waals surface area (Å²) in [6, 6.07) is 13.3. The van der Waals surface area contributed by atoms with Gasteiger partial charge in [0.2, 0.25) is 0 Å². The topological polar surface area (TPSA) is 49.9 Å².